The molecule has 1 heterocycles. The summed E-state index contributed by atoms with van der Waals surface area (Å²) in [7, 11) is -3.84. The zero-order valence-corrected chi connectivity index (χ0v) is 12.5. The number of sulfonamides is 1. The normalized spacial score (nSPS) is 11.6. The van der Waals surface area contributed by atoms with Crippen molar-refractivity contribution in [3.63, 3.8) is 0 Å². The molecule has 0 amide bonds. The maximum Gasteiger partial charge on any atom is 0.271 e. The van der Waals surface area contributed by atoms with Gasteiger partial charge in [0.1, 0.15) is 10.0 Å². The van der Waals surface area contributed by atoms with E-state index in [-0.39, 0.29) is 21.5 Å². The van der Waals surface area contributed by atoms with Crippen LogP contribution in [0.15, 0.2) is 34.5 Å². The summed E-state index contributed by atoms with van der Waals surface area (Å²) >= 11 is 6.64. The van der Waals surface area contributed by atoms with Crippen molar-refractivity contribution >= 4 is 38.6 Å². The summed E-state index contributed by atoms with van der Waals surface area (Å²) in [6, 6.07) is 6.73. The molecule has 0 bridgehead atoms. The van der Waals surface area contributed by atoms with Crippen LogP contribution in [0, 0.1) is 5.82 Å². The van der Waals surface area contributed by atoms with Crippen molar-refractivity contribution in [1.29, 1.82) is 0 Å². The van der Waals surface area contributed by atoms with E-state index in [1.54, 1.807) is 6.07 Å². The first-order chi connectivity index (χ1) is 9.42. The van der Waals surface area contributed by atoms with Gasteiger partial charge in [0.2, 0.25) is 0 Å². The molecular weight excluding hydrogens is 325 g/mol. The SMILES string of the molecule is O=S(=O)(Nc1ccc(Cl)cc1F)c1ccc(CCO)s1. The van der Waals surface area contributed by atoms with Crippen LogP contribution in [0.3, 0.4) is 0 Å². The highest BCUT2D eigenvalue weighted by atomic mass is 35.5. The van der Waals surface area contributed by atoms with Crippen molar-refractivity contribution in [2.24, 2.45) is 0 Å². The Morgan fingerprint density at radius 3 is 2.70 bits per heavy atom. The number of hydrogen-bond acceptors (Lipinski definition) is 4. The summed E-state index contributed by atoms with van der Waals surface area (Å²) in [5.74, 6) is -0.742. The van der Waals surface area contributed by atoms with Crippen LogP contribution in [0.2, 0.25) is 5.02 Å². The van der Waals surface area contributed by atoms with Crippen molar-refractivity contribution in [2.45, 2.75) is 10.6 Å². The molecule has 2 aromatic rings. The first-order valence-electron chi connectivity index (χ1n) is 5.60. The number of benzene rings is 1. The summed E-state index contributed by atoms with van der Waals surface area (Å²) in [4.78, 5) is 0.740. The van der Waals surface area contributed by atoms with Gasteiger partial charge in [-0.1, -0.05) is 11.6 Å². The second-order valence-corrected chi connectivity index (χ2v) is 7.44. The molecule has 8 heteroatoms. The third-order valence-corrected chi connectivity index (χ3v) is 5.67. The standard InChI is InChI=1S/C12H11ClFNO3S2/c13-8-1-3-11(10(14)7-8)15-20(17,18)12-4-2-9(19-12)5-6-16/h1-4,7,15-16H,5-6H2. The van der Waals surface area contributed by atoms with Crippen LogP contribution in [0.5, 0.6) is 0 Å². The van der Waals surface area contributed by atoms with Gasteiger partial charge in [-0.3, -0.25) is 4.72 Å². The van der Waals surface area contributed by atoms with Crippen LogP contribution >= 0.6 is 22.9 Å². The monoisotopic (exact) mass is 335 g/mol. The number of aliphatic hydroxyl groups is 1. The van der Waals surface area contributed by atoms with E-state index < -0.39 is 15.8 Å². The van der Waals surface area contributed by atoms with Crippen LogP contribution in [0.25, 0.3) is 0 Å². The number of halogens is 2. The summed E-state index contributed by atoms with van der Waals surface area (Å²) < 4.78 is 40.0. The average Bonchev–Trinajstić information content (AvgIpc) is 2.83. The maximum atomic E-state index is 13.6. The third kappa shape index (κ3) is 3.49. The van der Waals surface area contributed by atoms with E-state index in [0.717, 1.165) is 22.3 Å². The van der Waals surface area contributed by atoms with Gasteiger partial charge in [-0.15, -0.1) is 11.3 Å². The first-order valence-corrected chi connectivity index (χ1v) is 8.27. The van der Waals surface area contributed by atoms with E-state index in [0.29, 0.717) is 6.42 Å². The second-order valence-electron chi connectivity index (χ2n) is 3.92. The fourth-order valence-corrected chi connectivity index (χ4v) is 4.09. The number of thiophene rings is 1. The largest absolute Gasteiger partial charge is 0.396 e. The summed E-state index contributed by atoms with van der Waals surface area (Å²) in [5, 5.41) is 9.00. The summed E-state index contributed by atoms with van der Waals surface area (Å²) in [6.07, 6.45) is 0.384. The highest BCUT2D eigenvalue weighted by Crippen LogP contribution is 2.26. The van der Waals surface area contributed by atoms with E-state index in [2.05, 4.69) is 4.72 Å². The number of hydrogen-bond donors (Lipinski definition) is 2. The molecule has 0 aliphatic carbocycles. The molecule has 20 heavy (non-hydrogen) atoms. The number of aliphatic hydroxyl groups excluding tert-OH is 1. The highest BCUT2D eigenvalue weighted by Gasteiger charge is 2.18. The van der Waals surface area contributed by atoms with E-state index in [1.165, 1.54) is 18.2 Å². The Balaban J connectivity index is 2.26. The molecule has 0 atom stereocenters. The van der Waals surface area contributed by atoms with Crippen molar-refractivity contribution < 1.29 is 17.9 Å². The molecule has 0 saturated carbocycles. The number of rotatable bonds is 5. The molecule has 0 aliphatic heterocycles. The lowest BCUT2D eigenvalue weighted by atomic mass is 10.3. The highest BCUT2D eigenvalue weighted by molar-refractivity contribution is 7.94. The fourth-order valence-electron chi connectivity index (χ4n) is 1.51. The minimum absolute atomic E-state index is 0.0563. The van der Waals surface area contributed by atoms with Crippen LogP contribution in [-0.2, 0) is 16.4 Å². The minimum Gasteiger partial charge on any atom is -0.396 e. The predicted octanol–water partition coefficient (Wildman–Crippen LogP) is 2.88. The Labute approximate surface area is 124 Å². The van der Waals surface area contributed by atoms with E-state index in [9.17, 15) is 12.8 Å². The average molecular weight is 336 g/mol. The molecule has 2 rings (SSSR count). The zero-order valence-electron chi connectivity index (χ0n) is 10.1. The van der Waals surface area contributed by atoms with Crippen LogP contribution in [0.1, 0.15) is 4.88 Å². The molecule has 0 spiro atoms. The van der Waals surface area contributed by atoms with Crippen LogP contribution in [-0.4, -0.2) is 20.1 Å². The molecule has 108 valence electrons. The third-order valence-electron chi connectivity index (χ3n) is 2.44. The molecule has 0 saturated heterocycles. The molecule has 0 radical (unpaired) electrons. The van der Waals surface area contributed by atoms with Gasteiger partial charge < -0.3 is 5.11 Å². The Morgan fingerprint density at radius 1 is 1.30 bits per heavy atom. The van der Waals surface area contributed by atoms with Gasteiger partial charge in [0, 0.05) is 22.9 Å². The summed E-state index contributed by atoms with van der Waals surface area (Å²) in [6.45, 7) is -0.0563. The Kier molecular flexibility index (Phi) is 4.64. The lowest BCUT2D eigenvalue weighted by Gasteiger charge is -2.07. The predicted molar refractivity (Wildman–Crippen MR) is 77.3 cm³/mol. The van der Waals surface area contributed by atoms with E-state index in [4.69, 9.17) is 16.7 Å². The zero-order chi connectivity index (χ0) is 14.8. The molecular formula is C12H11ClFNO3S2. The molecule has 0 fully saturated rings. The molecule has 0 unspecified atom stereocenters. The lowest BCUT2D eigenvalue weighted by Crippen LogP contribution is -2.12. The Bertz CT molecular complexity index is 715. The van der Waals surface area contributed by atoms with E-state index >= 15 is 0 Å². The minimum atomic E-state index is -3.84. The van der Waals surface area contributed by atoms with Gasteiger partial charge in [-0.05, 0) is 30.3 Å². The smallest absolute Gasteiger partial charge is 0.271 e. The number of anilines is 1. The Hall–Kier alpha value is -1.15. The lowest BCUT2D eigenvalue weighted by molar-refractivity contribution is 0.300. The van der Waals surface area contributed by atoms with Gasteiger partial charge in [0.25, 0.3) is 10.0 Å². The molecule has 4 nitrogen and oxygen atoms in total. The van der Waals surface area contributed by atoms with Gasteiger partial charge in [0.05, 0.1) is 5.69 Å². The maximum absolute atomic E-state index is 13.6. The topological polar surface area (TPSA) is 66.4 Å². The van der Waals surface area contributed by atoms with Crippen molar-refractivity contribution in [3.05, 3.63) is 46.0 Å². The van der Waals surface area contributed by atoms with Crippen molar-refractivity contribution in [2.75, 3.05) is 11.3 Å². The second kappa shape index (κ2) is 6.09. The molecule has 0 aliphatic rings. The van der Waals surface area contributed by atoms with Gasteiger partial charge in [-0.25, -0.2) is 12.8 Å². The number of nitrogens with one attached hydrogen (secondary N) is 1. The van der Waals surface area contributed by atoms with Gasteiger partial charge in [0.15, 0.2) is 0 Å². The fraction of sp³-hybridized carbons (Fsp3) is 0.167. The quantitative estimate of drug-likeness (QED) is 0.883. The molecule has 1 aromatic heterocycles. The summed E-state index contributed by atoms with van der Waals surface area (Å²) in [5.41, 5.74) is -0.161. The first kappa shape index (κ1) is 15.2. The molecule has 2 N–H and O–H groups in total. The van der Waals surface area contributed by atoms with E-state index in [1.807, 2.05) is 0 Å². The van der Waals surface area contributed by atoms with Crippen LogP contribution < -0.4 is 4.72 Å². The Morgan fingerprint density at radius 2 is 2.05 bits per heavy atom. The van der Waals surface area contributed by atoms with Crippen molar-refractivity contribution in [1.82, 2.24) is 0 Å². The van der Waals surface area contributed by atoms with Crippen LogP contribution in [0.4, 0.5) is 10.1 Å². The van der Waals surface area contributed by atoms with Crippen molar-refractivity contribution in [3.8, 4) is 0 Å². The van der Waals surface area contributed by atoms with Gasteiger partial charge in [-0.2, -0.15) is 0 Å². The molecule has 1 aromatic carbocycles. The van der Waals surface area contributed by atoms with Gasteiger partial charge >= 0.3 is 0 Å².